The maximum Gasteiger partial charge on any atom is 0.231 e. The number of rotatable bonds is 3. The van der Waals surface area contributed by atoms with E-state index in [1.807, 2.05) is 24.9 Å². The van der Waals surface area contributed by atoms with Crippen LogP contribution in [0.4, 0.5) is 10.1 Å². The molecule has 0 aromatic heterocycles. The normalized spacial score (nSPS) is 20.8. The van der Waals surface area contributed by atoms with Gasteiger partial charge in [-0.15, -0.1) is 0 Å². The van der Waals surface area contributed by atoms with Crippen molar-refractivity contribution in [2.75, 3.05) is 25.0 Å². The van der Waals surface area contributed by atoms with Gasteiger partial charge in [0.25, 0.3) is 0 Å². The van der Waals surface area contributed by atoms with Gasteiger partial charge in [0.2, 0.25) is 5.91 Å². The van der Waals surface area contributed by atoms with Crippen LogP contribution in [0.1, 0.15) is 38.2 Å². The van der Waals surface area contributed by atoms with Crippen LogP contribution in [0, 0.1) is 11.7 Å². The van der Waals surface area contributed by atoms with E-state index >= 15 is 0 Å². The fourth-order valence-electron chi connectivity index (χ4n) is 4.05. The largest absolute Gasteiger partial charge is 0.319 e. The Labute approximate surface area is 125 Å². The molecule has 21 heavy (non-hydrogen) atoms. The first-order chi connectivity index (χ1) is 10.1. The molecule has 0 bridgehead atoms. The van der Waals surface area contributed by atoms with Crippen molar-refractivity contribution in [3.63, 3.8) is 0 Å². The maximum atomic E-state index is 14.4. The molecule has 1 unspecified atom stereocenters. The van der Waals surface area contributed by atoms with Gasteiger partial charge in [-0.2, -0.15) is 0 Å². The molecule has 4 heteroatoms. The van der Waals surface area contributed by atoms with Crippen LogP contribution < -0.4 is 10.2 Å². The molecule has 1 aromatic rings. The highest BCUT2D eigenvalue weighted by Crippen LogP contribution is 2.51. The van der Waals surface area contributed by atoms with Gasteiger partial charge in [-0.25, -0.2) is 4.39 Å². The molecule has 114 valence electrons. The van der Waals surface area contributed by atoms with E-state index in [0.29, 0.717) is 13.1 Å². The van der Waals surface area contributed by atoms with Crippen LogP contribution in [0.3, 0.4) is 0 Å². The molecule has 1 atom stereocenters. The van der Waals surface area contributed by atoms with E-state index in [2.05, 4.69) is 5.32 Å². The highest BCUT2D eigenvalue weighted by molar-refractivity contribution is 5.97. The van der Waals surface area contributed by atoms with Crippen molar-refractivity contribution in [1.29, 1.82) is 0 Å². The maximum absolute atomic E-state index is 14.4. The van der Waals surface area contributed by atoms with Crippen molar-refractivity contribution >= 4 is 11.6 Å². The first-order valence-electron chi connectivity index (χ1n) is 7.84. The number of anilines is 1. The molecule has 1 spiro atoms. The number of amides is 1. The first kappa shape index (κ1) is 14.5. The average molecular weight is 290 g/mol. The lowest BCUT2D eigenvalue weighted by Gasteiger charge is -2.26. The minimum absolute atomic E-state index is 0.0947. The van der Waals surface area contributed by atoms with Crippen LogP contribution >= 0.6 is 0 Å². The Bertz CT molecular complexity index is 552. The summed E-state index contributed by atoms with van der Waals surface area (Å²) in [6, 6.07) is 5.14. The van der Waals surface area contributed by atoms with Gasteiger partial charge in [-0.1, -0.05) is 25.8 Å². The molecule has 1 amide bonds. The average Bonchev–Trinajstić information content (AvgIpc) is 3.06. The van der Waals surface area contributed by atoms with Gasteiger partial charge in [0.15, 0.2) is 0 Å². The third-order valence-electron chi connectivity index (χ3n) is 5.03. The predicted molar refractivity (Wildman–Crippen MR) is 82.0 cm³/mol. The lowest BCUT2D eigenvalue weighted by atomic mass is 9.80. The third kappa shape index (κ3) is 2.26. The predicted octanol–water partition coefficient (Wildman–Crippen LogP) is 2.84. The van der Waals surface area contributed by atoms with E-state index in [4.69, 9.17) is 0 Å². The quantitative estimate of drug-likeness (QED) is 0.928. The summed E-state index contributed by atoms with van der Waals surface area (Å²) < 4.78 is 14.4. The molecule has 1 fully saturated rings. The second kappa shape index (κ2) is 5.41. The zero-order valence-corrected chi connectivity index (χ0v) is 12.8. The Kier molecular flexibility index (Phi) is 3.74. The number of hydrogen-bond acceptors (Lipinski definition) is 2. The third-order valence-corrected chi connectivity index (χ3v) is 5.03. The molecule has 1 heterocycles. The van der Waals surface area contributed by atoms with Crippen LogP contribution in [0.2, 0.25) is 0 Å². The van der Waals surface area contributed by atoms with Gasteiger partial charge in [0.05, 0.1) is 5.69 Å². The second-order valence-corrected chi connectivity index (χ2v) is 6.50. The molecule has 1 saturated carbocycles. The fraction of sp³-hybridized carbons (Fsp3) is 0.588. The van der Waals surface area contributed by atoms with E-state index in [0.717, 1.165) is 36.9 Å². The monoisotopic (exact) mass is 290 g/mol. The van der Waals surface area contributed by atoms with E-state index in [9.17, 15) is 9.18 Å². The standard InChI is InChI=1S/C17H23FN2O/c1-12(10-19-2)16(21)20-11-17(8-3-4-9-17)15-13(18)6-5-7-14(15)20/h5-7,12,19H,3-4,8-11H2,1-2H3. The number of halogens is 1. The minimum atomic E-state index is -0.147. The molecule has 1 aliphatic heterocycles. The summed E-state index contributed by atoms with van der Waals surface area (Å²) in [5.74, 6) is -0.145. The Balaban J connectivity index is 1.99. The number of benzene rings is 1. The molecular formula is C17H23FN2O. The van der Waals surface area contributed by atoms with Gasteiger partial charge in [0.1, 0.15) is 5.82 Å². The zero-order valence-electron chi connectivity index (χ0n) is 12.8. The summed E-state index contributed by atoms with van der Waals surface area (Å²) in [6.45, 7) is 3.22. The molecule has 3 nitrogen and oxygen atoms in total. The summed E-state index contributed by atoms with van der Waals surface area (Å²) in [7, 11) is 1.85. The molecule has 1 aliphatic carbocycles. The lowest BCUT2D eigenvalue weighted by molar-refractivity contribution is -0.121. The van der Waals surface area contributed by atoms with Crippen LogP contribution in [0.25, 0.3) is 0 Å². The Hall–Kier alpha value is -1.42. The fourth-order valence-corrected chi connectivity index (χ4v) is 4.05. The van der Waals surface area contributed by atoms with Crippen LogP contribution in [0.5, 0.6) is 0 Å². The Morgan fingerprint density at radius 2 is 2.14 bits per heavy atom. The van der Waals surface area contributed by atoms with Crippen LogP contribution in [-0.4, -0.2) is 26.0 Å². The lowest BCUT2D eigenvalue weighted by Crippen LogP contribution is -2.40. The van der Waals surface area contributed by atoms with E-state index < -0.39 is 0 Å². The van der Waals surface area contributed by atoms with E-state index in [1.54, 1.807) is 6.07 Å². The summed E-state index contributed by atoms with van der Waals surface area (Å²) in [6.07, 6.45) is 4.24. The first-order valence-corrected chi connectivity index (χ1v) is 7.84. The van der Waals surface area contributed by atoms with Crippen LogP contribution in [-0.2, 0) is 10.2 Å². The summed E-state index contributed by atoms with van der Waals surface area (Å²) >= 11 is 0. The number of carbonyl (C=O) groups excluding carboxylic acids is 1. The van der Waals surface area contributed by atoms with E-state index in [1.165, 1.54) is 6.07 Å². The van der Waals surface area contributed by atoms with E-state index in [-0.39, 0.29) is 23.1 Å². The number of carbonyl (C=O) groups is 1. The Morgan fingerprint density at radius 1 is 1.43 bits per heavy atom. The van der Waals surface area contributed by atoms with Crippen molar-refractivity contribution in [3.05, 3.63) is 29.6 Å². The van der Waals surface area contributed by atoms with Crippen molar-refractivity contribution in [2.45, 2.75) is 38.0 Å². The molecule has 2 aliphatic rings. The smallest absolute Gasteiger partial charge is 0.231 e. The molecule has 3 rings (SSSR count). The summed E-state index contributed by atoms with van der Waals surface area (Å²) in [4.78, 5) is 14.5. The number of hydrogen-bond donors (Lipinski definition) is 1. The topological polar surface area (TPSA) is 32.3 Å². The number of fused-ring (bicyclic) bond motifs is 2. The van der Waals surface area contributed by atoms with Gasteiger partial charge >= 0.3 is 0 Å². The second-order valence-electron chi connectivity index (χ2n) is 6.50. The molecule has 1 aromatic carbocycles. The Morgan fingerprint density at radius 3 is 2.81 bits per heavy atom. The van der Waals surface area contributed by atoms with Gasteiger partial charge in [-0.05, 0) is 32.0 Å². The van der Waals surface area contributed by atoms with Crippen LogP contribution in [0.15, 0.2) is 18.2 Å². The van der Waals surface area contributed by atoms with Crippen molar-refractivity contribution in [2.24, 2.45) is 5.92 Å². The van der Waals surface area contributed by atoms with Gasteiger partial charge < -0.3 is 10.2 Å². The molecule has 1 N–H and O–H groups in total. The van der Waals surface area contributed by atoms with Gasteiger partial charge in [0, 0.05) is 30.0 Å². The molecule has 0 radical (unpaired) electrons. The number of nitrogens with one attached hydrogen (secondary N) is 1. The summed E-state index contributed by atoms with van der Waals surface area (Å²) in [5, 5.41) is 3.05. The van der Waals surface area contributed by atoms with Gasteiger partial charge in [-0.3, -0.25) is 4.79 Å². The van der Waals surface area contributed by atoms with Crippen molar-refractivity contribution in [1.82, 2.24) is 5.32 Å². The summed E-state index contributed by atoms with van der Waals surface area (Å²) in [5.41, 5.74) is 1.44. The molecular weight excluding hydrogens is 267 g/mol. The minimum Gasteiger partial charge on any atom is -0.319 e. The van der Waals surface area contributed by atoms with Crippen molar-refractivity contribution in [3.8, 4) is 0 Å². The number of nitrogens with zero attached hydrogens (tertiary/aromatic N) is 1. The zero-order chi connectivity index (χ0) is 15.0. The molecule has 0 saturated heterocycles. The van der Waals surface area contributed by atoms with Crippen molar-refractivity contribution < 1.29 is 9.18 Å². The highest BCUT2D eigenvalue weighted by Gasteiger charge is 2.48. The SMILES string of the molecule is CNCC(C)C(=O)N1CC2(CCCC2)c2c(F)cccc21. The highest BCUT2D eigenvalue weighted by atomic mass is 19.1.